The van der Waals surface area contributed by atoms with Crippen molar-refractivity contribution in [2.45, 2.75) is 0 Å². The van der Waals surface area contributed by atoms with Gasteiger partial charge in [-0.25, -0.2) is 0 Å². The first-order valence-electron chi connectivity index (χ1n) is 8.25. The van der Waals surface area contributed by atoms with Gasteiger partial charge in [-0.1, -0.05) is 0 Å². The Kier molecular flexibility index (Phi) is 3.59. The van der Waals surface area contributed by atoms with Crippen LogP contribution in [0.5, 0.6) is 0 Å². The molecule has 0 saturated carbocycles. The molecule has 0 saturated heterocycles. The SMILES string of the molecule is Cl[As]1c2ccc(-c3ccccc3)cc2Nc2ccc3ccccc3c21. The van der Waals surface area contributed by atoms with Gasteiger partial charge in [-0.15, -0.1) is 0 Å². The van der Waals surface area contributed by atoms with E-state index in [0.29, 0.717) is 0 Å². The third kappa shape index (κ3) is 2.47. The second-order valence-corrected chi connectivity index (χ2v) is 11.1. The molecule has 1 nitrogen and oxygen atoms in total. The summed E-state index contributed by atoms with van der Waals surface area (Å²) in [5, 5.41) is 6.16. The van der Waals surface area contributed by atoms with E-state index in [0.717, 1.165) is 11.4 Å². The Hall–Kier alpha value is -2.21. The molecular weight excluding hydrogens is 389 g/mol. The van der Waals surface area contributed by atoms with E-state index >= 15 is 0 Å². The van der Waals surface area contributed by atoms with E-state index in [4.69, 9.17) is 9.95 Å². The average molecular weight is 404 g/mol. The average Bonchev–Trinajstić information content (AvgIpc) is 2.68. The van der Waals surface area contributed by atoms with Gasteiger partial charge in [0.15, 0.2) is 0 Å². The molecule has 1 aliphatic rings. The standard InChI is InChI=1S/C22H15AsClN/c24-23-19-12-10-17(15-6-2-1-3-7-15)14-21(19)25-20-13-11-16-8-4-5-9-18(16)22(20)23/h1-14,25H. The van der Waals surface area contributed by atoms with Crippen LogP contribution in [-0.4, -0.2) is 13.7 Å². The second-order valence-electron chi connectivity index (χ2n) is 6.19. The number of nitrogens with one attached hydrogen (secondary N) is 1. The molecule has 0 fully saturated rings. The summed E-state index contributed by atoms with van der Waals surface area (Å²) < 4.78 is 2.59. The summed E-state index contributed by atoms with van der Waals surface area (Å²) >= 11 is -1.82. The molecule has 0 radical (unpaired) electrons. The van der Waals surface area contributed by atoms with E-state index in [1.807, 2.05) is 6.07 Å². The van der Waals surface area contributed by atoms with E-state index in [-0.39, 0.29) is 0 Å². The molecule has 0 amide bonds. The summed E-state index contributed by atoms with van der Waals surface area (Å²) in [5.74, 6) is 0. The van der Waals surface area contributed by atoms with Crippen LogP contribution < -0.4 is 14.0 Å². The van der Waals surface area contributed by atoms with Crippen LogP contribution in [0.25, 0.3) is 21.9 Å². The molecule has 0 aromatic heterocycles. The molecule has 25 heavy (non-hydrogen) atoms. The predicted molar refractivity (Wildman–Crippen MR) is 110 cm³/mol. The first-order chi connectivity index (χ1) is 12.3. The zero-order chi connectivity index (χ0) is 16.8. The molecule has 4 aromatic carbocycles. The van der Waals surface area contributed by atoms with Gasteiger partial charge in [0, 0.05) is 0 Å². The number of rotatable bonds is 1. The summed E-state index contributed by atoms with van der Waals surface area (Å²) in [7, 11) is 7.06. The fraction of sp³-hybridized carbons (Fsp3) is 0. The van der Waals surface area contributed by atoms with Gasteiger partial charge in [0.1, 0.15) is 0 Å². The molecule has 0 bridgehead atoms. The van der Waals surface area contributed by atoms with E-state index in [2.05, 4.69) is 84.2 Å². The minimum absolute atomic E-state index is 1.15. The molecule has 1 aliphatic heterocycles. The third-order valence-corrected chi connectivity index (χ3v) is 10.0. The van der Waals surface area contributed by atoms with Crippen molar-refractivity contribution in [3.8, 4) is 11.1 Å². The van der Waals surface area contributed by atoms with Gasteiger partial charge in [0.2, 0.25) is 0 Å². The van der Waals surface area contributed by atoms with Crippen molar-refractivity contribution in [1.29, 1.82) is 0 Å². The molecule has 3 heteroatoms. The van der Waals surface area contributed by atoms with Gasteiger partial charge in [0.05, 0.1) is 0 Å². The number of hydrogen-bond acceptors (Lipinski definition) is 1. The minimum atomic E-state index is -1.82. The van der Waals surface area contributed by atoms with Gasteiger partial charge in [-0.05, 0) is 0 Å². The van der Waals surface area contributed by atoms with Crippen molar-refractivity contribution in [2.24, 2.45) is 0 Å². The maximum absolute atomic E-state index is 7.06. The second kappa shape index (κ2) is 5.95. The summed E-state index contributed by atoms with van der Waals surface area (Å²) in [4.78, 5) is 0. The normalized spacial score (nSPS) is 15.3. The van der Waals surface area contributed by atoms with Crippen molar-refractivity contribution in [1.82, 2.24) is 0 Å². The van der Waals surface area contributed by atoms with Crippen molar-refractivity contribution in [2.75, 3.05) is 5.32 Å². The van der Waals surface area contributed by atoms with Crippen LogP contribution in [0, 0.1) is 0 Å². The van der Waals surface area contributed by atoms with Crippen LogP contribution in [0.15, 0.2) is 84.9 Å². The number of anilines is 2. The zero-order valence-corrected chi connectivity index (χ0v) is 16.0. The first-order valence-corrected chi connectivity index (χ1v) is 12.6. The van der Waals surface area contributed by atoms with Crippen LogP contribution >= 0.6 is 9.95 Å². The Bertz CT molecular complexity index is 1090. The van der Waals surface area contributed by atoms with Crippen LogP contribution in [-0.2, 0) is 0 Å². The fourth-order valence-electron chi connectivity index (χ4n) is 3.45. The quantitative estimate of drug-likeness (QED) is 0.445. The van der Waals surface area contributed by atoms with Gasteiger partial charge < -0.3 is 0 Å². The zero-order valence-electron chi connectivity index (χ0n) is 13.4. The van der Waals surface area contributed by atoms with Gasteiger partial charge >= 0.3 is 156 Å². The number of benzene rings is 4. The van der Waals surface area contributed by atoms with Crippen molar-refractivity contribution >= 4 is 54.5 Å². The third-order valence-electron chi connectivity index (χ3n) is 4.68. The molecule has 1 N–H and O–H groups in total. The first kappa shape index (κ1) is 15.1. The van der Waals surface area contributed by atoms with E-state index in [1.165, 1.54) is 30.6 Å². The topological polar surface area (TPSA) is 12.0 Å². The molecule has 4 aromatic rings. The molecule has 5 rings (SSSR count). The molecule has 0 aliphatic carbocycles. The summed E-state index contributed by atoms with van der Waals surface area (Å²) in [5.41, 5.74) is 4.76. The van der Waals surface area contributed by atoms with E-state index < -0.39 is 13.7 Å². The number of fused-ring (bicyclic) bond motifs is 4. The summed E-state index contributed by atoms with van der Waals surface area (Å²) in [6.45, 7) is 0. The van der Waals surface area contributed by atoms with E-state index in [9.17, 15) is 0 Å². The Morgan fingerprint density at radius 1 is 0.680 bits per heavy atom. The Morgan fingerprint density at radius 3 is 2.36 bits per heavy atom. The molecule has 1 unspecified atom stereocenters. The monoisotopic (exact) mass is 403 g/mol. The van der Waals surface area contributed by atoms with Crippen LogP contribution in [0.4, 0.5) is 11.4 Å². The van der Waals surface area contributed by atoms with Crippen LogP contribution in [0.2, 0.25) is 0 Å². The molecule has 120 valence electrons. The van der Waals surface area contributed by atoms with Crippen LogP contribution in [0.3, 0.4) is 0 Å². The van der Waals surface area contributed by atoms with Crippen molar-refractivity contribution in [3.05, 3.63) is 84.9 Å². The molecular formula is C22H15AsClN. The summed E-state index contributed by atoms with van der Waals surface area (Å²) in [6, 6.07) is 30.0. The van der Waals surface area contributed by atoms with Gasteiger partial charge in [-0.2, -0.15) is 0 Å². The van der Waals surface area contributed by atoms with Gasteiger partial charge in [0.25, 0.3) is 0 Å². The van der Waals surface area contributed by atoms with Crippen LogP contribution in [0.1, 0.15) is 0 Å². The predicted octanol–water partition coefficient (Wildman–Crippen LogP) is 4.91. The fourth-order valence-corrected chi connectivity index (χ4v) is 8.38. The maximum atomic E-state index is 7.06. The molecule has 1 atom stereocenters. The molecule has 0 spiro atoms. The Morgan fingerprint density at radius 2 is 1.48 bits per heavy atom. The number of hydrogen-bond donors (Lipinski definition) is 1. The number of halogens is 1. The Labute approximate surface area is 155 Å². The van der Waals surface area contributed by atoms with E-state index in [1.54, 1.807) is 0 Å². The van der Waals surface area contributed by atoms with Crippen molar-refractivity contribution in [3.63, 3.8) is 0 Å². The Balaban J connectivity index is 1.66. The summed E-state index contributed by atoms with van der Waals surface area (Å²) in [6.07, 6.45) is 0. The molecule has 1 heterocycles. The van der Waals surface area contributed by atoms with Crippen molar-refractivity contribution < 1.29 is 0 Å². The van der Waals surface area contributed by atoms with Gasteiger partial charge in [-0.3, -0.25) is 0 Å².